The van der Waals surface area contributed by atoms with Crippen molar-refractivity contribution < 1.29 is 23.4 Å². The number of carboxylic acid groups (broad SMARTS) is 1. The van der Waals surface area contributed by atoms with Gasteiger partial charge in [0, 0.05) is 6.61 Å². The first kappa shape index (κ1) is 8.39. The molecule has 64 valence electrons. The first-order valence-corrected chi connectivity index (χ1v) is 3.25. The van der Waals surface area contributed by atoms with Gasteiger partial charge in [0.25, 0.3) is 6.43 Å². The molecule has 11 heavy (non-hydrogen) atoms. The van der Waals surface area contributed by atoms with Crippen molar-refractivity contribution in [3.05, 3.63) is 0 Å². The van der Waals surface area contributed by atoms with Crippen LogP contribution in [-0.2, 0) is 9.53 Å². The molecule has 0 radical (unpaired) electrons. The largest absolute Gasteiger partial charge is 0.481 e. The molecule has 1 N–H and O–H groups in total. The molecule has 1 saturated heterocycles. The SMILES string of the molecule is O=C(O)[C@H]1CCO[C@@H]1C(F)F. The van der Waals surface area contributed by atoms with Crippen LogP contribution in [0.3, 0.4) is 0 Å². The molecule has 0 bridgehead atoms. The zero-order valence-corrected chi connectivity index (χ0v) is 5.67. The van der Waals surface area contributed by atoms with Gasteiger partial charge in [-0.1, -0.05) is 0 Å². The third kappa shape index (κ3) is 1.65. The fraction of sp³-hybridized carbons (Fsp3) is 0.833. The Kier molecular flexibility index (Phi) is 2.38. The molecule has 0 aliphatic carbocycles. The Morgan fingerprint density at radius 3 is 2.64 bits per heavy atom. The van der Waals surface area contributed by atoms with E-state index in [4.69, 9.17) is 5.11 Å². The summed E-state index contributed by atoms with van der Waals surface area (Å²) in [5.74, 6) is -2.23. The smallest absolute Gasteiger partial charge is 0.309 e. The Labute approximate surface area is 62.0 Å². The minimum Gasteiger partial charge on any atom is -0.481 e. The number of carbonyl (C=O) groups is 1. The highest BCUT2D eigenvalue weighted by atomic mass is 19.3. The van der Waals surface area contributed by atoms with Crippen molar-refractivity contribution in [2.45, 2.75) is 19.0 Å². The molecular weight excluding hydrogens is 158 g/mol. The molecule has 1 rings (SSSR count). The number of halogens is 2. The van der Waals surface area contributed by atoms with Crippen molar-refractivity contribution in [3.63, 3.8) is 0 Å². The van der Waals surface area contributed by atoms with E-state index in [1.807, 2.05) is 0 Å². The minimum atomic E-state index is -2.70. The van der Waals surface area contributed by atoms with E-state index in [0.717, 1.165) is 0 Å². The van der Waals surface area contributed by atoms with Gasteiger partial charge < -0.3 is 9.84 Å². The van der Waals surface area contributed by atoms with Crippen molar-refractivity contribution >= 4 is 5.97 Å². The summed E-state index contributed by atoms with van der Waals surface area (Å²) in [5, 5.41) is 8.42. The lowest BCUT2D eigenvalue weighted by Crippen LogP contribution is -2.30. The summed E-state index contributed by atoms with van der Waals surface area (Å²) >= 11 is 0. The van der Waals surface area contributed by atoms with Gasteiger partial charge in [-0.2, -0.15) is 0 Å². The molecule has 0 unspecified atom stereocenters. The van der Waals surface area contributed by atoms with Crippen LogP contribution in [0, 0.1) is 5.92 Å². The molecule has 0 amide bonds. The van der Waals surface area contributed by atoms with E-state index in [1.165, 1.54) is 0 Å². The number of aliphatic carboxylic acids is 1. The van der Waals surface area contributed by atoms with Gasteiger partial charge in [-0.3, -0.25) is 4.79 Å². The van der Waals surface area contributed by atoms with Crippen LogP contribution in [0.5, 0.6) is 0 Å². The second kappa shape index (κ2) is 3.13. The van der Waals surface area contributed by atoms with Crippen molar-refractivity contribution in [3.8, 4) is 0 Å². The average Bonchev–Trinajstić information content (AvgIpc) is 2.32. The maximum absolute atomic E-state index is 12.0. The van der Waals surface area contributed by atoms with E-state index in [1.54, 1.807) is 0 Å². The van der Waals surface area contributed by atoms with Crippen molar-refractivity contribution in [2.24, 2.45) is 5.92 Å². The van der Waals surface area contributed by atoms with Crippen LogP contribution in [0.1, 0.15) is 6.42 Å². The molecule has 3 nitrogen and oxygen atoms in total. The predicted octanol–water partition coefficient (Wildman–Crippen LogP) is 0.741. The lowest BCUT2D eigenvalue weighted by molar-refractivity contribution is -0.147. The number of hydrogen-bond acceptors (Lipinski definition) is 2. The maximum atomic E-state index is 12.0. The highest BCUT2D eigenvalue weighted by molar-refractivity contribution is 5.71. The number of rotatable bonds is 2. The van der Waals surface area contributed by atoms with E-state index in [2.05, 4.69) is 4.74 Å². The topological polar surface area (TPSA) is 46.5 Å². The Balaban J connectivity index is 2.58. The molecule has 5 heteroatoms. The molecule has 0 aromatic rings. The Bertz CT molecular complexity index is 160. The number of ether oxygens (including phenoxy) is 1. The normalized spacial score (nSPS) is 31.2. The third-order valence-corrected chi connectivity index (χ3v) is 1.70. The van der Waals surface area contributed by atoms with Gasteiger partial charge in [0.1, 0.15) is 6.10 Å². The van der Waals surface area contributed by atoms with Crippen molar-refractivity contribution in [1.29, 1.82) is 0 Å². The molecule has 1 aliphatic heterocycles. The standard InChI is InChI=1S/C6H8F2O3/c7-5(8)4-3(6(9)10)1-2-11-4/h3-5H,1-2H2,(H,9,10)/t3-,4-/m0/s1. The van der Waals surface area contributed by atoms with E-state index in [9.17, 15) is 13.6 Å². The fourth-order valence-electron chi connectivity index (χ4n) is 1.12. The summed E-state index contributed by atoms with van der Waals surface area (Å²) < 4.78 is 28.5. The van der Waals surface area contributed by atoms with Gasteiger partial charge in [-0.15, -0.1) is 0 Å². The summed E-state index contributed by atoms with van der Waals surface area (Å²) in [6, 6.07) is 0. The molecule has 0 aromatic carbocycles. The van der Waals surface area contributed by atoms with Crippen LogP contribution in [0.25, 0.3) is 0 Å². The summed E-state index contributed by atoms with van der Waals surface area (Å²) in [5.41, 5.74) is 0. The Morgan fingerprint density at radius 2 is 2.27 bits per heavy atom. The van der Waals surface area contributed by atoms with E-state index >= 15 is 0 Å². The summed E-state index contributed by atoms with van der Waals surface area (Å²) in [4.78, 5) is 10.3. The number of hydrogen-bond donors (Lipinski definition) is 1. The molecule has 1 heterocycles. The van der Waals surface area contributed by atoms with Crippen LogP contribution in [-0.4, -0.2) is 30.2 Å². The lowest BCUT2D eigenvalue weighted by atomic mass is 10.0. The second-order valence-electron chi connectivity index (χ2n) is 2.40. The van der Waals surface area contributed by atoms with Gasteiger partial charge in [-0.05, 0) is 6.42 Å². The molecular formula is C6H8F2O3. The zero-order valence-electron chi connectivity index (χ0n) is 5.67. The van der Waals surface area contributed by atoms with Crippen LogP contribution < -0.4 is 0 Å². The molecule has 0 aromatic heterocycles. The van der Waals surface area contributed by atoms with E-state index in [-0.39, 0.29) is 13.0 Å². The zero-order chi connectivity index (χ0) is 8.43. The Morgan fingerprint density at radius 1 is 1.64 bits per heavy atom. The minimum absolute atomic E-state index is 0.117. The maximum Gasteiger partial charge on any atom is 0.309 e. The van der Waals surface area contributed by atoms with Gasteiger partial charge in [0.05, 0.1) is 5.92 Å². The fourth-order valence-corrected chi connectivity index (χ4v) is 1.12. The summed E-state index contributed by atoms with van der Waals surface area (Å²) in [6.45, 7) is 0.117. The van der Waals surface area contributed by atoms with Crippen LogP contribution in [0.2, 0.25) is 0 Å². The van der Waals surface area contributed by atoms with Gasteiger partial charge in [0.2, 0.25) is 0 Å². The average molecular weight is 166 g/mol. The van der Waals surface area contributed by atoms with E-state index < -0.39 is 24.4 Å². The highest BCUT2D eigenvalue weighted by Crippen LogP contribution is 2.25. The molecule has 0 spiro atoms. The summed E-state index contributed by atoms with van der Waals surface area (Å²) in [7, 11) is 0. The first-order valence-electron chi connectivity index (χ1n) is 3.25. The van der Waals surface area contributed by atoms with Gasteiger partial charge >= 0.3 is 5.97 Å². The Hall–Kier alpha value is -0.710. The highest BCUT2D eigenvalue weighted by Gasteiger charge is 2.39. The van der Waals surface area contributed by atoms with Crippen molar-refractivity contribution in [2.75, 3.05) is 6.61 Å². The van der Waals surface area contributed by atoms with Gasteiger partial charge in [-0.25, -0.2) is 8.78 Å². The second-order valence-corrected chi connectivity index (χ2v) is 2.40. The molecule has 1 aliphatic rings. The first-order chi connectivity index (χ1) is 5.13. The predicted molar refractivity (Wildman–Crippen MR) is 31.5 cm³/mol. The number of carboxylic acids is 1. The molecule has 0 saturated carbocycles. The molecule has 1 fully saturated rings. The third-order valence-electron chi connectivity index (χ3n) is 1.70. The van der Waals surface area contributed by atoms with Crippen LogP contribution in [0.15, 0.2) is 0 Å². The lowest BCUT2D eigenvalue weighted by Gasteiger charge is -2.12. The van der Waals surface area contributed by atoms with Gasteiger partial charge in [0.15, 0.2) is 0 Å². The van der Waals surface area contributed by atoms with E-state index in [0.29, 0.717) is 0 Å². The van der Waals surface area contributed by atoms with Crippen LogP contribution in [0.4, 0.5) is 8.78 Å². The quantitative estimate of drug-likeness (QED) is 0.658. The monoisotopic (exact) mass is 166 g/mol. The van der Waals surface area contributed by atoms with Crippen LogP contribution >= 0.6 is 0 Å². The number of alkyl halides is 2. The van der Waals surface area contributed by atoms with Crippen molar-refractivity contribution in [1.82, 2.24) is 0 Å². The molecule has 2 atom stereocenters. The summed E-state index contributed by atoms with van der Waals surface area (Å²) in [6.07, 6.45) is -3.92.